The Morgan fingerprint density at radius 3 is 2.69 bits per heavy atom. The molecule has 0 spiro atoms. The van der Waals surface area contributed by atoms with E-state index in [-0.39, 0.29) is 5.69 Å². The number of aryl methyl sites for hydroxylation is 1. The number of nitrogens with one attached hydrogen (secondary N) is 1. The van der Waals surface area contributed by atoms with Crippen molar-refractivity contribution in [3.05, 3.63) is 33.2 Å². The van der Waals surface area contributed by atoms with Gasteiger partial charge in [0.05, 0.1) is 0 Å². The molecule has 0 amide bonds. The molecule has 1 aromatic carbocycles. The molecule has 3 nitrogen and oxygen atoms in total. The van der Waals surface area contributed by atoms with Crippen molar-refractivity contribution in [1.29, 1.82) is 0 Å². The van der Waals surface area contributed by atoms with Crippen LogP contribution in [0, 0.1) is 18.6 Å². The van der Waals surface area contributed by atoms with Gasteiger partial charge in [-0.15, -0.1) is 10.2 Å². The summed E-state index contributed by atoms with van der Waals surface area (Å²) in [5, 5.41) is 10.3. The van der Waals surface area contributed by atoms with E-state index in [1.807, 2.05) is 0 Å². The van der Waals surface area contributed by atoms with Crippen LogP contribution in [0.15, 0.2) is 16.0 Å². The van der Waals surface area contributed by atoms with E-state index in [9.17, 15) is 8.78 Å². The van der Waals surface area contributed by atoms with Crippen LogP contribution in [0.3, 0.4) is 0 Å². The molecule has 0 radical (unpaired) electrons. The zero-order chi connectivity index (χ0) is 11.7. The zero-order valence-corrected chi connectivity index (χ0v) is 10.5. The maximum Gasteiger partial charge on any atom is 0.211 e. The molecule has 1 aromatic heterocycles. The van der Waals surface area contributed by atoms with Crippen LogP contribution in [0.2, 0.25) is 0 Å². The largest absolute Gasteiger partial charge is 0.325 e. The summed E-state index contributed by atoms with van der Waals surface area (Å²) in [6, 6.07) is 2.59. The van der Waals surface area contributed by atoms with E-state index in [0.717, 1.165) is 11.3 Å². The molecule has 2 aromatic rings. The highest BCUT2D eigenvalue weighted by Gasteiger charge is 2.13. The Labute approximate surface area is 103 Å². The second-order valence-corrected chi connectivity index (χ2v) is 5.29. The molecule has 0 fully saturated rings. The summed E-state index contributed by atoms with van der Waals surface area (Å²) in [5.74, 6) is -1.28. The first-order valence-corrected chi connectivity index (χ1v) is 5.89. The number of rotatable bonds is 2. The fraction of sp³-hybridized carbons (Fsp3) is 0.111. The second kappa shape index (κ2) is 4.42. The third kappa shape index (κ3) is 2.19. The summed E-state index contributed by atoms with van der Waals surface area (Å²) >= 11 is 4.27. The third-order valence-corrected chi connectivity index (χ3v) is 3.19. The summed E-state index contributed by atoms with van der Waals surface area (Å²) in [4.78, 5) is 0. The van der Waals surface area contributed by atoms with Gasteiger partial charge in [0.1, 0.15) is 11.5 Å². The molecule has 0 unspecified atom stereocenters. The second-order valence-electron chi connectivity index (χ2n) is 3.04. The predicted octanol–water partition coefficient (Wildman–Crippen LogP) is 3.63. The number of anilines is 2. The van der Waals surface area contributed by atoms with Crippen LogP contribution < -0.4 is 5.32 Å². The summed E-state index contributed by atoms with van der Waals surface area (Å²) in [5.41, 5.74) is 0.163. The van der Waals surface area contributed by atoms with Gasteiger partial charge in [-0.05, 0) is 34.5 Å². The molecule has 1 N–H and O–H groups in total. The summed E-state index contributed by atoms with van der Waals surface area (Å²) in [7, 11) is 0. The van der Waals surface area contributed by atoms with E-state index in [1.165, 1.54) is 12.1 Å². The van der Waals surface area contributed by atoms with Crippen molar-refractivity contribution in [2.45, 2.75) is 6.92 Å². The number of hydrogen-bond acceptors (Lipinski definition) is 4. The maximum atomic E-state index is 13.6. The minimum atomic E-state index is -0.658. The molecule has 0 atom stereocenters. The van der Waals surface area contributed by atoms with Crippen molar-refractivity contribution in [3.8, 4) is 0 Å². The highest BCUT2D eigenvalue weighted by Crippen LogP contribution is 2.28. The lowest BCUT2D eigenvalue weighted by Gasteiger charge is -2.06. The molecule has 2 rings (SSSR count). The first kappa shape index (κ1) is 11.4. The molecule has 0 aliphatic carbocycles. The van der Waals surface area contributed by atoms with Gasteiger partial charge in [-0.1, -0.05) is 17.4 Å². The highest BCUT2D eigenvalue weighted by atomic mass is 79.9. The van der Waals surface area contributed by atoms with E-state index in [0.29, 0.717) is 14.6 Å². The van der Waals surface area contributed by atoms with Crippen molar-refractivity contribution in [2.75, 3.05) is 5.32 Å². The lowest BCUT2D eigenvalue weighted by Crippen LogP contribution is -1.99. The standard InChI is InChI=1S/C9H6BrF2N3S/c1-4-2-3-5(11)7(6(4)12)13-9-15-14-8(10)16-9/h2-3H,1H3,(H,13,15). The third-order valence-electron chi connectivity index (χ3n) is 1.92. The molecule has 16 heavy (non-hydrogen) atoms. The zero-order valence-electron chi connectivity index (χ0n) is 8.09. The average molecular weight is 306 g/mol. The molecular weight excluding hydrogens is 300 g/mol. The Hall–Kier alpha value is -1.08. The fourth-order valence-corrected chi connectivity index (χ4v) is 2.15. The quantitative estimate of drug-likeness (QED) is 0.920. The van der Waals surface area contributed by atoms with E-state index >= 15 is 0 Å². The lowest BCUT2D eigenvalue weighted by atomic mass is 10.2. The van der Waals surface area contributed by atoms with Crippen molar-refractivity contribution in [3.63, 3.8) is 0 Å². The van der Waals surface area contributed by atoms with Gasteiger partial charge in [-0.2, -0.15) is 0 Å². The van der Waals surface area contributed by atoms with Crippen molar-refractivity contribution < 1.29 is 8.78 Å². The fourth-order valence-electron chi connectivity index (χ4n) is 1.13. The van der Waals surface area contributed by atoms with E-state index in [1.54, 1.807) is 6.92 Å². The monoisotopic (exact) mass is 305 g/mol. The minimum absolute atomic E-state index is 0.205. The Morgan fingerprint density at radius 2 is 2.06 bits per heavy atom. The molecule has 0 aliphatic rings. The van der Waals surface area contributed by atoms with Gasteiger partial charge in [0.2, 0.25) is 5.13 Å². The smallest absolute Gasteiger partial charge is 0.211 e. The van der Waals surface area contributed by atoms with Crippen LogP contribution in [-0.4, -0.2) is 10.2 Å². The lowest BCUT2D eigenvalue weighted by molar-refractivity contribution is 0.585. The van der Waals surface area contributed by atoms with Gasteiger partial charge < -0.3 is 5.32 Å². The average Bonchev–Trinajstić information content (AvgIpc) is 2.65. The topological polar surface area (TPSA) is 37.8 Å². The van der Waals surface area contributed by atoms with Gasteiger partial charge in [0.25, 0.3) is 0 Å². The Balaban J connectivity index is 2.37. The Bertz CT molecular complexity index is 529. The molecular formula is C9H6BrF2N3S. The number of nitrogens with zero attached hydrogens (tertiary/aromatic N) is 2. The van der Waals surface area contributed by atoms with Gasteiger partial charge in [-0.25, -0.2) is 8.78 Å². The first-order valence-electron chi connectivity index (χ1n) is 4.28. The molecule has 7 heteroatoms. The number of halogens is 3. The van der Waals surface area contributed by atoms with Gasteiger partial charge in [0, 0.05) is 0 Å². The molecule has 84 valence electrons. The number of aromatic nitrogens is 2. The van der Waals surface area contributed by atoms with Gasteiger partial charge >= 0.3 is 0 Å². The first-order chi connectivity index (χ1) is 7.58. The van der Waals surface area contributed by atoms with Crippen LogP contribution in [0.5, 0.6) is 0 Å². The normalized spacial score (nSPS) is 10.5. The van der Waals surface area contributed by atoms with Crippen LogP contribution in [0.1, 0.15) is 5.56 Å². The van der Waals surface area contributed by atoms with E-state index in [4.69, 9.17) is 0 Å². The van der Waals surface area contributed by atoms with Crippen LogP contribution in [-0.2, 0) is 0 Å². The summed E-state index contributed by atoms with van der Waals surface area (Å²) in [6.45, 7) is 1.57. The van der Waals surface area contributed by atoms with E-state index in [2.05, 4.69) is 31.4 Å². The minimum Gasteiger partial charge on any atom is -0.325 e. The highest BCUT2D eigenvalue weighted by molar-refractivity contribution is 9.11. The van der Waals surface area contributed by atoms with Gasteiger partial charge in [0.15, 0.2) is 9.73 Å². The van der Waals surface area contributed by atoms with Crippen LogP contribution >= 0.6 is 27.3 Å². The van der Waals surface area contributed by atoms with Crippen molar-refractivity contribution in [2.24, 2.45) is 0 Å². The van der Waals surface area contributed by atoms with E-state index < -0.39 is 11.6 Å². The summed E-state index contributed by atoms with van der Waals surface area (Å²) in [6.07, 6.45) is 0. The van der Waals surface area contributed by atoms with Gasteiger partial charge in [-0.3, -0.25) is 0 Å². The van der Waals surface area contributed by atoms with Crippen LogP contribution in [0.25, 0.3) is 0 Å². The number of benzene rings is 1. The SMILES string of the molecule is Cc1ccc(F)c(Nc2nnc(Br)s2)c1F. The molecule has 0 saturated heterocycles. The summed E-state index contributed by atoms with van der Waals surface area (Å²) < 4.78 is 27.5. The molecule has 1 heterocycles. The Morgan fingerprint density at radius 1 is 1.31 bits per heavy atom. The molecule has 0 aliphatic heterocycles. The predicted molar refractivity (Wildman–Crippen MR) is 62.0 cm³/mol. The van der Waals surface area contributed by atoms with Crippen molar-refractivity contribution in [1.82, 2.24) is 10.2 Å². The van der Waals surface area contributed by atoms with Crippen LogP contribution in [0.4, 0.5) is 19.6 Å². The Kier molecular flexibility index (Phi) is 3.15. The van der Waals surface area contributed by atoms with Crippen molar-refractivity contribution >= 4 is 38.1 Å². The number of hydrogen-bond donors (Lipinski definition) is 1. The molecule has 0 bridgehead atoms. The maximum absolute atomic E-state index is 13.6. The molecule has 0 saturated carbocycles.